The molecule has 0 spiro atoms. The summed E-state index contributed by atoms with van der Waals surface area (Å²) in [6.07, 6.45) is 2.74. The molecule has 0 fully saturated rings. The Morgan fingerprint density at radius 1 is 1.04 bits per heavy atom. The van der Waals surface area contributed by atoms with Crippen molar-refractivity contribution in [2.75, 3.05) is 38.2 Å². The number of hydrogen-bond acceptors (Lipinski definition) is 4. The number of hydrogen-bond donors (Lipinski definition) is 0. The average molecular weight is 370 g/mol. The normalized spacial score (nSPS) is 18.0. The van der Waals surface area contributed by atoms with E-state index in [-0.39, 0.29) is 0 Å². The minimum Gasteiger partial charge on any atom is -0.490 e. The number of ether oxygens (including phenoxy) is 1. The average Bonchev–Trinajstić information content (AvgIpc) is 2.69. The van der Waals surface area contributed by atoms with Crippen molar-refractivity contribution in [1.82, 2.24) is 4.31 Å². The number of anilines is 1. The summed E-state index contributed by atoms with van der Waals surface area (Å²) in [5.74, 6) is 0.739. The fraction of sp³-hybridized carbons (Fsp3) is 0.300. The van der Waals surface area contributed by atoms with Gasteiger partial charge in [-0.3, -0.25) is 0 Å². The van der Waals surface area contributed by atoms with Gasteiger partial charge in [-0.2, -0.15) is 4.31 Å². The molecule has 26 heavy (non-hydrogen) atoms. The molecule has 0 amide bonds. The Labute approximate surface area is 154 Å². The maximum Gasteiger partial charge on any atom is 0.243 e. The molecular weight excluding hydrogens is 348 g/mol. The molecule has 136 valence electrons. The van der Waals surface area contributed by atoms with E-state index >= 15 is 0 Å². The molecule has 2 aromatic rings. The Balaban J connectivity index is 1.58. The lowest BCUT2D eigenvalue weighted by molar-refractivity contribution is 0.311. The van der Waals surface area contributed by atoms with Gasteiger partial charge in [-0.1, -0.05) is 36.4 Å². The first-order chi connectivity index (χ1) is 12.6. The predicted octanol–water partition coefficient (Wildman–Crippen LogP) is 2.99. The van der Waals surface area contributed by atoms with Gasteiger partial charge in [0.25, 0.3) is 0 Å². The monoisotopic (exact) mass is 370 g/mol. The number of nitrogens with zero attached hydrogens (tertiary/aromatic N) is 2. The fourth-order valence-electron chi connectivity index (χ4n) is 3.42. The maximum atomic E-state index is 13.1. The van der Waals surface area contributed by atoms with Crippen LogP contribution in [0.2, 0.25) is 0 Å². The van der Waals surface area contributed by atoms with Crippen LogP contribution in [-0.2, 0) is 10.0 Å². The summed E-state index contributed by atoms with van der Waals surface area (Å²) in [5.41, 5.74) is 3.20. The highest BCUT2D eigenvalue weighted by Gasteiger charge is 2.28. The minimum atomic E-state index is -3.52. The molecule has 5 nitrogen and oxygen atoms in total. The molecule has 6 heteroatoms. The van der Waals surface area contributed by atoms with Crippen LogP contribution >= 0.6 is 0 Å². The van der Waals surface area contributed by atoms with E-state index in [1.165, 1.54) is 5.57 Å². The van der Waals surface area contributed by atoms with E-state index in [0.717, 1.165) is 30.0 Å². The Hall–Kier alpha value is -2.31. The van der Waals surface area contributed by atoms with Crippen molar-refractivity contribution < 1.29 is 13.2 Å². The van der Waals surface area contributed by atoms with Gasteiger partial charge in [0.2, 0.25) is 10.0 Å². The third-order valence-electron chi connectivity index (χ3n) is 4.98. The van der Waals surface area contributed by atoms with Crippen molar-refractivity contribution >= 4 is 21.3 Å². The quantitative estimate of drug-likeness (QED) is 0.833. The zero-order chi connectivity index (χ0) is 18.1. The van der Waals surface area contributed by atoms with Crippen molar-refractivity contribution in [3.63, 3.8) is 0 Å². The highest BCUT2D eigenvalue weighted by molar-refractivity contribution is 7.89. The minimum absolute atomic E-state index is 0.324. The van der Waals surface area contributed by atoms with Crippen LogP contribution in [0.5, 0.6) is 5.75 Å². The van der Waals surface area contributed by atoms with Crippen LogP contribution in [0.25, 0.3) is 5.57 Å². The molecule has 0 radical (unpaired) electrons. The van der Waals surface area contributed by atoms with Crippen LogP contribution in [0.4, 0.5) is 5.69 Å². The number of likely N-dealkylation sites (N-methyl/N-ethyl adjacent to an activating group) is 1. The maximum absolute atomic E-state index is 13.1. The standard InChI is InChI=1S/C20H22N2O3S/c1-21-13-14-25-20-8-7-18(15-19(20)21)26(23,24)22-11-9-17(10-12-22)16-5-3-2-4-6-16/h2-9,15H,10-14H2,1H3. The SMILES string of the molecule is CN1CCOc2ccc(S(=O)(=O)N3CC=C(c4ccccc4)CC3)cc21. The van der Waals surface area contributed by atoms with E-state index in [2.05, 4.69) is 12.1 Å². The van der Waals surface area contributed by atoms with E-state index in [9.17, 15) is 8.42 Å². The topological polar surface area (TPSA) is 49.9 Å². The largest absolute Gasteiger partial charge is 0.490 e. The van der Waals surface area contributed by atoms with Gasteiger partial charge in [0.05, 0.1) is 17.1 Å². The number of benzene rings is 2. The van der Waals surface area contributed by atoms with Gasteiger partial charge in [-0.25, -0.2) is 8.42 Å². The Morgan fingerprint density at radius 3 is 2.58 bits per heavy atom. The second kappa shape index (κ2) is 6.78. The smallest absolute Gasteiger partial charge is 0.243 e. The molecule has 2 aliphatic heterocycles. The van der Waals surface area contributed by atoms with Crippen molar-refractivity contribution in [3.8, 4) is 5.75 Å². The van der Waals surface area contributed by atoms with Gasteiger partial charge in [0, 0.05) is 20.1 Å². The van der Waals surface area contributed by atoms with Gasteiger partial charge in [0.15, 0.2) is 0 Å². The summed E-state index contributed by atoms with van der Waals surface area (Å²) in [7, 11) is -1.57. The summed E-state index contributed by atoms with van der Waals surface area (Å²) < 4.78 is 33.3. The van der Waals surface area contributed by atoms with Gasteiger partial charge < -0.3 is 9.64 Å². The lowest BCUT2D eigenvalue weighted by Crippen LogP contribution is -2.35. The summed E-state index contributed by atoms with van der Waals surface area (Å²) >= 11 is 0. The lowest BCUT2D eigenvalue weighted by Gasteiger charge is -2.29. The van der Waals surface area contributed by atoms with Crippen LogP contribution in [0.3, 0.4) is 0 Å². The third-order valence-corrected chi connectivity index (χ3v) is 6.84. The first kappa shape index (κ1) is 17.1. The molecule has 0 saturated heterocycles. The predicted molar refractivity (Wildman–Crippen MR) is 103 cm³/mol. The van der Waals surface area contributed by atoms with E-state index in [1.54, 1.807) is 22.5 Å². The zero-order valence-corrected chi connectivity index (χ0v) is 15.6. The number of rotatable bonds is 3. The van der Waals surface area contributed by atoms with Crippen molar-refractivity contribution in [2.45, 2.75) is 11.3 Å². The van der Waals surface area contributed by atoms with Gasteiger partial charge in [0.1, 0.15) is 12.4 Å². The van der Waals surface area contributed by atoms with Crippen LogP contribution in [0.15, 0.2) is 59.5 Å². The summed E-state index contributed by atoms with van der Waals surface area (Å²) in [5, 5.41) is 0. The van der Waals surface area contributed by atoms with Gasteiger partial charge in [-0.05, 0) is 35.8 Å². The van der Waals surface area contributed by atoms with Crippen molar-refractivity contribution in [3.05, 3.63) is 60.2 Å². The molecule has 0 aliphatic carbocycles. The first-order valence-electron chi connectivity index (χ1n) is 8.78. The molecular formula is C20H22N2O3S. The Bertz CT molecular complexity index is 939. The number of sulfonamides is 1. The van der Waals surface area contributed by atoms with E-state index in [1.807, 2.05) is 36.2 Å². The van der Waals surface area contributed by atoms with E-state index < -0.39 is 10.0 Å². The third kappa shape index (κ3) is 3.10. The lowest BCUT2D eigenvalue weighted by atomic mass is 10.0. The first-order valence-corrected chi connectivity index (χ1v) is 10.2. The van der Waals surface area contributed by atoms with Gasteiger partial charge >= 0.3 is 0 Å². The molecule has 2 aromatic carbocycles. The van der Waals surface area contributed by atoms with Crippen LogP contribution in [-0.4, -0.2) is 46.0 Å². The van der Waals surface area contributed by atoms with Gasteiger partial charge in [-0.15, -0.1) is 0 Å². The number of fused-ring (bicyclic) bond motifs is 1. The highest BCUT2D eigenvalue weighted by atomic mass is 32.2. The highest BCUT2D eigenvalue weighted by Crippen LogP contribution is 2.34. The van der Waals surface area contributed by atoms with E-state index in [0.29, 0.717) is 24.6 Å². The Morgan fingerprint density at radius 2 is 1.85 bits per heavy atom. The zero-order valence-electron chi connectivity index (χ0n) is 14.8. The summed E-state index contributed by atoms with van der Waals surface area (Å²) in [4.78, 5) is 2.35. The second-order valence-corrected chi connectivity index (χ2v) is 8.55. The van der Waals surface area contributed by atoms with E-state index in [4.69, 9.17) is 4.74 Å². The molecule has 0 saturated carbocycles. The van der Waals surface area contributed by atoms with Crippen LogP contribution in [0.1, 0.15) is 12.0 Å². The summed E-state index contributed by atoms with van der Waals surface area (Å²) in [6.45, 7) is 2.26. The Kier molecular flexibility index (Phi) is 4.46. The second-order valence-electron chi connectivity index (χ2n) is 6.61. The molecule has 0 aromatic heterocycles. The molecule has 2 aliphatic rings. The molecule has 0 unspecified atom stereocenters. The molecule has 0 N–H and O–H groups in total. The van der Waals surface area contributed by atoms with Crippen LogP contribution in [0, 0.1) is 0 Å². The molecule has 4 rings (SSSR count). The fourth-order valence-corrected chi connectivity index (χ4v) is 4.82. The molecule has 0 bridgehead atoms. The molecule has 2 heterocycles. The van der Waals surface area contributed by atoms with Crippen molar-refractivity contribution in [1.29, 1.82) is 0 Å². The summed E-state index contributed by atoms with van der Waals surface area (Å²) in [6, 6.07) is 15.2. The van der Waals surface area contributed by atoms with Crippen molar-refractivity contribution in [2.24, 2.45) is 0 Å². The van der Waals surface area contributed by atoms with Crippen LogP contribution < -0.4 is 9.64 Å². The molecule has 0 atom stereocenters.